The van der Waals surface area contributed by atoms with Gasteiger partial charge in [-0.1, -0.05) is 20.8 Å². The van der Waals surface area contributed by atoms with Crippen molar-refractivity contribution in [3.63, 3.8) is 0 Å². The van der Waals surface area contributed by atoms with E-state index in [9.17, 15) is 4.79 Å². The summed E-state index contributed by atoms with van der Waals surface area (Å²) in [4.78, 5) is 17.6. The molecule has 0 saturated carbocycles. The smallest absolute Gasteiger partial charge is 0.373 e. The summed E-state index contributed by atoms with van der Waals surface area (Å²) in [5.74, 6) is -0.333. The monoisotopic (exact) mass is 279 g/mol. The highest BCUT2D eigenvalue weighted by Gasteiger charge is 2.21. The minimum absolute atomic E-state index is 0.0323. The molecule has 0 aliphatic carbocycles. The van der Waals surface area contributed by atoms with E-state index >= 15 is 0 Å². The maximum Gasteiger partial charge on any atom is 0.373 e. The third-order valence-corrected chi connectivity index (χ3v) is 3.93. The fraction of sp³-hybridized carbons (Fsp3) is 0.429. The fourth-order valence-corrected chi connectivity index (χ4v) is 2.71. The SMILES string of the molecule is CCc1ccc(-c2nc(CC(C)C)c(C(=O)O)o2)s1. The van der Waals surface area contributed by atoms with E-state index in [4.69, 9.17) is 9.52 Å². The van der Waals surface area contributed by atoms with E-state index in [1.54, 1.807) is 11.3 Å². The van der Waals surface area contributed by atoms with E-state index in [0.29, 0.717) is 23.9 Å². The molecule has 5 heteroatoms. The summed E-state index contributed by atoms with van der Waals surface area (Å²) in [5, 5.41) is 9.16. The molecular formula is C14H17NO3S. The zero-order valence-corrected chi connectivity index (χ0v) is 12.1. The summed E-state index contributed by atoms with van der Waals surface area (Å²) in [6.45, 7) is 6.14. The van der Waals surface area contributed by atoms with Crippen LogP contribution in [0.5, 0.6) is 0 Å². The van der Waals surface area contributed by atoms with Crippen molar-refractivity contribution in [2.75, 3.05) is 0 Å². The van der Waals surface area contributed by atoms with Crippen molar-refractivity contribution in [3.8, 4) is 10.8 Å². The Balaban J connectivity index is 2.39. The van der Waals surface area contributed by atoms with E-state index in [1.807, 2.05) is 26.0 Å². The molecule has 0 aliphatic rings. The molecule has 2 aromatic heterocycles. The quantitative estimate of drug-likeness (QED) is 0.902. The Hall–Kier alpha value is -1.62. The molecule has 1 N–H and O–H groups in total. The first-order chi connectivity index (χ1) is 9.01. The van der Waals surface area contributed by atoms with Crippen LogP contribution in [0.4, 0.5) is 0 Å². The van der Waals surface area contributed by atoms with Gasteiger partial charge < -0.3 is 9.52 Å². The third kappa shape index (κ3) is 3.04. The summed E-state index contributed by atoms with van der Waals surface area (Å²) in [6.07, 6.45) is 1.56. The number of aryl methyl sites for hydroxylation is 1. The second-order valence-corrected chi connectivity index (χ2v) is 5.99. The molecule has 0 atom stereocenters. The molecule has 0 bridgehead atoms. The third-order valence-electron chi connectivity index (χ3n) is 2.71. The molecule has 0 radical (unpaired) electrons. The van der Waals surface area contributed by atoms with Crippen LogP contribution in [0, 0.1) is 5.92 Å². The Labute approximate surface area is 116 Å². The van der Waals surface area contributed by atoms with Crippen molar-refractivity contribution in [1.29, 1.82) is 0 Å². The number of carboxylic acid groups (broad SMARTS) is 1. The summed E-state index contributed by atoms with van der Waals surface area (Å²) >= 11 is 1.59. The lowest BCUT2D eigenvalue weighted by atomic mass is 10.1. The molecule has 0 saturated heterocycles. The number of thiophene rings is 1. The van der Waals surface area contributed by atoms with Crippen molar-refractivity contribution in [1.82, 2.24) is 4.98 Å². The van der Waals surface area contributed by atoms with Crippen LogP contribution in [-0.4, -0.2) is 16.1 Å². The molecule has 0 aromatic carbocycles. The van der Waals surface area contributed by atoms with Crippen molar-refractivity contribution in [2.45, 2.75) is 33.6 Å². The van der Waals surface area contributed by atoms with Gasteiger partial charge in [-0.25, -0.2) is 9.78 Å². The van der Waals surface area contributed by atoms with Gasteiger partial charge >= 0.3 is 5.97 Å². The van der Waals surface area contributed by atoms with Crippen LogP contribution in [0.1, 0.15) is 41.9 Å². The number of oxazole rings is 1. The Kier molecular flexibility index (Phi) is 4.04. The molecule has 2 heterocycles. The first-order valence-electron chi connectivity index (χ1n) is 6.33. The van der Waals surface area contributed by atoms with Gasteiger partial charge in [-0.05, 0) is 30.9 Å². The lowest BCUT2D eigenvalue weighted by Crippen LogP contribution is -2.03. The van der Waals surface area contributed by atoms with Gasteiger partial charge in [-0.15, -0.1) is 11.3 Å². The summed E-state index contributed by atoms with van der Waals surface area (Å²) in [6, 6.07) is 3.95. The summed E-state index contributed by atoms with van der Waals surface area (Å²) in [7, 11) is 0. The average molecular weight is 279 g/mol. The molecule has 102 valence electrons. The number of rotatable bonds is 5. The maximum atomic E-state index is 11.2. The minimum atomic E-state index is -1.05. The molecule has 0 amide bonds. The van der Waals surface area contributed by atoms with Gasteiger partial charge in [0.25, 0.3) is 0 Å². The zero-order chi connectivity index (χ0) is 14.0. The summed E-state index contributed by atoms with van der Waals surface area (Å²) in [5.41, 5.74) is 0.531. The molecule has 0 fully saturated rings. The van der Waals surface area contributed by atoms with Crippen molar-refractivity contribution in [2.24, 2.45) is 5.92 Å². The molecule has 2 rings (SSSR count). The first-order valence-corrected chi connectivity index (χ1v) is 7.15. The van der Waals surface area contributed by atoms with E-state index in [-0.39, 0.29) is 5.76 Å². The number of aromatic nitrogens is 1. The number of hydrogen-bond acceptors (Lipinski definition) is 4. The van der Waals surface area contributed by atoms with Crippen LogP contribution in [0.3, 0.4) is 0 Å². The number of carbonyl (C=O) groups is 1. The molecule has 0 spiro atoms. The molecule has 4 nitrogen and oxygen atoms in total. The standard InChI is InChI=1S/C14H17NO3S/c1-4-9-5-6-11(19-9)13-15-10(7-8(2)3)12(18-13)14(16)17/h5-6,8H,4,7H2,1-3H3,(H,16,17). The van der Waals surface area contributed by atoms with Gasteiger partial charge in [0.05, 0.1) is 10.6 Å². The largest absolute Gasteiger partial charge is 0.475 e. The predicted molar refractivity (Wildman–Crippen MR) is 74.7 cm³/mol. The van der Waals surface area contributed by atoms with Crippen LogP contribution >= 0.6 is 11.3 Å². The normalized spacial score (nSPS) is 11.2. The van der Waals surface area contributed by atoms with Crippen LogP contribution in [-0.2, 0) is 12.8 Å². The Morgan fingerprint density at radius 3 is 2.74 bits per heavy atom. The van der Waals surface area contributed by atoms with Crippen molar-refractivity contribution < 1.29 is 14.3 Å². The lowest BCUT2D eigenvalue weighted by Gasteiger charge is -1.99. The van der Waals surface area contributed by atoms with Gasteiger partial charge in [-0.2, -0.15) is 0 Å². The van der Waals surface area contributed by atoms with Crippen LogP contribution < -0.4 is 0 Å². The summed E-state index contributed by atoms with van der Waals surface area (Å²) < 4.78 is 5.42. The molecular weight excluding hydrogens is 262 g/mol. The number of nitrogens with zero attached hydrogens (tertiary/aromatic N) is 1. The first kappa shape index (κ1) is 13.8. The second-order valence-electron chi connectivity index (χ2n) is 4.82. The molecule has 0 unspecified atom stereocenters. The van der Waals surface area contributed by atoms with E-state index < -0.39 is 5.97 Å². The molecule has 2 aromatic rings. The van der Waals surface area contributed by atoms with Gasteiger partial charge in [-0.3, -0.25) is 0 Å². The highest BCUT2D eigenvalue weighted by molar-refractivity contribution is 7.15. The second kappa shape index (κ2) is 5.57. The highest BCUT2D eigenvalue weighted by Crippen LogP contribution is 2.30. The van der Waals surface area contributed by atoms with Crippen molar-refractivity contribution in [3.05, 3.63) is 28.5 Å². The van der Waals surface area contributed by atoms with E-state index in [1.165, 1.54) is 4.88 Å². The molecule has 19 heavy (non-hydrogen) atoms. The highest BCUT2D eigenvalue weighted by atomic mass is 32.1. The van der Waals surface area contributed by atoms with E-state index in [0.717, 1.165) is 11.3 Å². The van der Waals surface area contributed by atoms with Gasteiger partial charge in [0.15, 0.2) is 0 Å². The predicted octanol–water partition coefficient (Wildman–Crippen LogP) is 3.86. The van der Waals surface area contributed by atoms with E-state index in [2.05, 4.69) is 11.9 Å². The van der Waals surface area contributed by atoms with Crippen LogP contribution in [0.15, 0.2) is 16.5 Å². The fourth-order valence-electron chi connectivity index (χ4n) is 1.83. The van der Waals surface area contributed by atoms with Gasteiger partial charge in [0.2, 0.25) is 11.7 Å². The Morgan fingerprint density at radius 2 is 2.21 bits per heavy atom. The van der Waals surface area contributed by atoms with Gasteiger partial charge in [0, 0.05) is 4.88 Å². The molecule has 0 aliphatic heterocycles. The Bertz CT molecular complexity index is 583. The lowest BCUT2D eigenvalue weighted by molar-refractivity contribution is 0.0661. The van der Waals surface area contributed by atoms with Crippen LogP contribution in [0.2, 0.25) is 0 Å². The number of aromatic carboxylic acids is 1. The minimum Gasteiger partial charge on any atom is -0.475 e. The van der Waals surface area contributed by atoms with Crippen LogP contribution in [0.25, 0.3) is 10.8 Å². The number of carboxylic acids is 1. The average Bonchev–Trinajstić information content (AvgIpc) is 2.93. The topological polar surface area (TPSA) is 63.3 Å². The Morgan fingerprint density at radius 1 is 1.47 bits per heavy atom. The maximum absolute atomic E-state index is 11.2. The van der Waals surface area contributed by atoms with Crippen molar-refractivity contribution >= 4 is 17.3 Å². The zero-order valence-electron chi connectivity index (χ0n) is 11.3. The van der Waals surface area contributed by atoms with Gasteiger partial charge in [0.1, 0.15) is 0 Å². The number of hydrogen-bond donors (Lipinski definition) is 1.